The first kappa shape index (κ1) is 57.4. The van der Waals surface area contributed by atoms with Crippen molar-refractivity contribution in [2.75, 3.05) is 13.2 Å². The molecule has 0 aromatic rings. The first-order chi connectivity index (χ1) is 29.5. The number of hydrogen-bond acceptors (Lipinski definition) is 6. The Balaban J connectivity index is 4.14. The lowest BCUT2D eigenvalue weighted by atomic mass is 10.0. The summed E-state index contributed by atoms with van der Waals surface area (Å²) in [6.07, 6.45) is 58.4. The lowest BCUT2D eigenvalue weighted by molar-refractivity contribution is -0.167. The summed E-state index contributed by atoms with van der Waals surface area (Å²) in [6.45, 7) is 6.47. The van der Waals surface area contributed by atoms with E-state index in [1.54, 1.807) is 0 Å². The molecule has 0 fully saturated rings. The molecule has 0 amide bonds. The zero-order valence-electron chi connectivity index (χ0n) is 39.7. The fraction of sp³-hybridized carbons (Fsp3) is 0.796. The number of carbonyl (C=O) groups is 3. The zero-order valence-corrected chi connectivity index (χ0v) is 39.7. The Morgan fingerprint density at radius 2 is 0.650 bits per heavy atom. The monoisotopic (exact) mass is 841 g/mol. The number of hydrogen-bond donors (Lipinski definition) is 0. The van der Waals surface area contributed by atoms with E-state index in [1.165, 1.54) is 135 Å². The molecule has 60 heavy (non-hydrogen) atoms. The molecular formula is C54H96O6. The molecule has 6 heteroatoms. The van der Waals surface area contributed by atoms with Gasteiger partial charge in [-0.25, -0.2) is 0 Å². The van der Waals surface area contributed by atoms with Crippen molar-refractivity contribution < 1.29 is 28.6 Å². The maximum absolute atomic E-state index is 12.7. The Morgan fingerprint density at radius 1 is 0.350 bits per heavy atom. The average Bonchev–Trinajstić information content (AvgIpc) is 3.24. The summed E-state index contributed by atoms with van der Waals surface area (Å²) in [5.41, 5.74) is 0. The van der Waals surface area contributed by atoms with Crippen molar-refractivity contribution in [2.24, 2.45) is 0 Å². The SMILES string of the molecule is CC/C=C\C/C=C\C/C=C\C/C=C\CCCCCCCCCCCCC(=O)OCC(COC(=O)CCCCCCCC)OC(=O)CCCCCCCCCCCCCCC. The summed E-state index contributed by atoms with van der Waals surface area (Å²) in [7, 11) is 0. The third-order valence-corrected chi connectivity index (χ3v) is 11.1. The second-order valence-corrected chi connectivity index (χ2v) is 17.1. The minimum Gasteiger partial charge on any atom is -0.462 e. The molecule has 0 aliphatic carbocycles. The predicted molar refractivity (Wildman–Crippen MR) is 256 cm³/mol. The van der Waals surface area contributed by atoms with E-state index in [0.717, 1.165) is 83.5 Å². The topological polar surface area (TPSA) is 78.9 Å². The molecule has 0 heterocycles. The van der Waals surface area contributed by atoms with Crippen LogP contribution in [0.4, 0.5) is 0 Å². The Labute approximate surface area is 371 Å². The van der Waals surface area contributed by atoms with Crippen LogP contribution in [0.25, 0.3) is 0 Å². The summed E-state index contributed by atoms with van der Waals surface area (Å²) in [5.74, 6) is -0.878. The van der Waals surface area contributed by atoms with Gasteiger partial charge < -0.3 is 14.2 Å². The van der Waals surface area contributed by atoms with Crippen LogP contribution in [-0.2, 0) is 28.6 Å². The summed E-state index contributed by atoms with van der Waals surface area (Å²) in [6, 6.07) is 0. The molecule has 0 saturated heterocycles. The third-order valence-electron chi connectivity index (χ3n) is 11.1. The fourth-order valence-electron chi connectivity index (χ4n) is 7.26. The Kier molecular flexibility index (Phi) is 46.9. The maximum atomic E-state index is 12.7. The highest BCUT2D eigenvalue weighted by Gasteiger charge is 2.19. The van der Waals surface area contributed by atoms with E-state index in [0.29, 0.717) is 19.3 Å². The normalized spacial score (nSPS) is 12.4. The molecular weight excluding hydrogens is 745 g/mol. The lowest BCUT2D eigenvalue weighted by Gasteiger charge is -2.18. The van der Waals surface area contributed by atoms with Crippen LogP contribution >= 0.6 is 0 Å². The molecule has 0 N–H and O–H groups in total. The molecule has 0 rings (SSSR count). The molecule has 1 unspecified atom stereocenters. The number of rotatable bonds is 46. The van der Waals surface area contributed by atoms with Gasteiger partial charge in [0, 0.05) is 19.3 Å². The van der Waals surface area contributed by atoms with Crippen LogP contribution < -0.4 is 0 Å². The molecule has 0 aromatic heterocycles. The van der Waals surface area contributed by atoms with Crippen molar-refractivity contribution in [1.29, 1.82) is 0 Å². The molecule has 0 saturated carbocycles. The van der Waals surface area contributed by atoms with Gasteiger partial charge in [-0.1, -0.05) is 230 Å². The minimum absolute atomic E-state index is 0.0718. The summed E-state index contributed by atoms with van der Waals surface area (Å²) >= 11 is 0. The molecule has 348 valence electrons. The summed E-state index contributed by atoms with van der Waals surface area (Å²) in [5, 5.41) is 0. The number of carbonyl (C=O) groups excluding carboxylic acids is 3. The fourth-order valence-corrected chi connectivity index (χ4v) is 7.26. The van der Waals surface area contributed by atoms with Gasteiger partial charge in [0.15, 0.2) is 6.10 Å². The van der Waals surface area contributed by atoms with E-state index in [-0.39, 0.29) is 31.1 Å². The van der Waals surface area contributed by atoms with E-state index in [4.69, 9.17) is 14.2 Å². The van der Waals surface area contributed by atoms with Crippen LogP contribution in [0.2, 0.25) is 0 Å². The smallest absolute Gasteiger partial charge is 0.306 e. The predicted octanol–water partition coefficient (Wildman–Crippen LogP) is 16.7. The largest absolute Gasteiger partial charge is 0.462 e. The van der Waals surface area contributed by atoms with Gasteiger partial charge in [0.25, 0.3) is 0 Å². The molecule has 0 aromatic carbocycles. The molecule has 0 aliphatic rings. The molecule has 0 radical (unpaired) electrons. The highest BCUT2D eigenvalue weighted by Crippen LogP contribution is 2.15. The van der Waals surface area contributed by atoms with Gasteiger partial charge in [0.1, 0.15) is 13.2 Å². The van der Waals surface area contributed by atoms with Crippen LogP contribution in [0, 0.1) is 0 Å². The first-order valence-electron chi connectivity index (χ1n) is 25.6. The molecule has 0 spiro atoms. The quantitative estimate of drug-likeness (QED) is 0.0263. The second-order valence-electron chi connectivity index (χ2n) is 17.1. The minimum atomic E-state index is -0.767. The van der Waals surface area contributed by atoms with Gasteiger partial charge in [-0.05, 0) is 57.8 Å². The molecule has 1 atom stereocenters. The van der Waals surface area contributed by atoms with Crippen molar-refractivity contribution >= 4 is 17.9 Å². The third kappa shape index (κ3) is 46.4. The maximum Gasteiger partial charge on any atom is 0.306 e. The number of unbranched alkanes of at least 4 members (excludes halogenated alkanes) is 27. The Hall–Kier alpha value is -2.63. The van der Waals surface area contributed by atoms with Crippen LogP contribution in [-0.4, -0.2) is 37.2 Å². The Bertz CT molecular complexity index is 1060. The van der Waals surface area contributed by atoms with Gasteiger partial charge in [0.05, 0.1) is 0 Å². The molecule has 0 aliphatic heterocycles. The van der Waals surface area contributed by atoms with E-state index in [2.05, 4.69) is 69.4 Å². The zero-order chi connectivity index (χ0) is 43.7. The molecule has 6 nitrogen and oxygen atoms in total. The van der Waals surface area contributed by atoms with Crippen LogP contribution in [0.1, 0.15) is 258 Å². The van der Waals surface area contributed by atoms with Crippen LogP contribution in [0.5, 0.6) is 0 Å². The first-order valence-corrected chi connectivity index (χ1v) is 25.6. The van der Waals surface area contributed by atoms with Crippen molar-refractivity contribution in [2.45, 2.75) is 264 Å². The second kappa shape index (κ2) is 49.0. The highest BCUT2D eigenvalue weighted by molar-refractivity contribution is 5.71. The molecule has 0 bridgehead atoms. The van der Waals surface area contributed by atoms with Crippen molar-refractivity contribution in [3.8, 4) is 0 Å². The number of esters is 3. The number of allylic oxidation sites excluding steroid dienone is 8. The van der Waals surface area contributed by atoms with Gasteiger partial charge in [0.2, 0.25) is 0 Å². The van der Waals surface area contributed by atoms with Crippen molar-refractivity contribution in [3.05, 3.63) is 48.6 Å². The van der Waals surface area contributed by atoms with E-state index < -0.39 is 6.10 Å². The lowest BCUT2D eigenvalue weighted by Crippen LogP contribution is -2.30. The van der Waals surface area contributed by atoms with Gasteiger partial charge in [-0.15, -0.1) is 0 Å². The standard InChI is InChI=1S/C54H96O6/c1-4-7-10-13-16-18-20-22-23-24-25-26-27-28-29-30-31-33-34-36-38-41-44-47-53(56)59-50-51(49-58-52(55)46-43-40-15-12-9-6-3)60-54(57)48-45-42-39-37-35-32-21-19-17-14-11-8-5-2/h7,10,16,18,22-23,25-26,51H,4-6,8-9,11-15,17,19-21,24,27-50H2,1-3H3/b10-7-,18-16-,23-22-,26-25-. The average molecular weight is 841 g/mol. The van der Waals surface area contributed by atoms with Crippen molar-refractivity contribution in [3.63, 3.8) is 0 Å². The van der Waals surface area contributed by atoms with Gasteiger partial charge in [-0.2, -0.15) is 0 Å². The van der Waals surface area contributed by atoms with Crippen LogP contribution in [0.15, 0.2) is 48.6 Å². The van der Waals surface area contributed by atoms with E-state index >= 15 is 0 Å². The van der Waals surface area contributed by atoms with E-state index in [1.807, 2.05) is 0 Å². The van der Waals surface area contributed by atoms with Gasteiger partial charge in [-0.3, -0.25) is 14.4 Å². The van der Waals surface area contributed by atoms with Crippen molar-refractivity contribution in [1.82, 2.24) is 0 Å². The Morgan fingerprint density at radius 3 is 1.02 bits per heavy atom. The summed E-state index contributed by atoms with van der Waals surface area (Å²) < 4.78 is 16.7. The summed E-state index contributed by atoms with van der Waals surface area (Å²) in [4.78, 5) is 37.7. The van der Waals surface area contributed by atoms with Crippen LogP contribution in [0.3, 0.4) is 0 Å². The van der Waals surface area contributed by atoms with Gasteiger partial charge >= 0.3 is 17.9 Å². The van der Waals surface area contributed by atoms with E-state index in [9.17, 15) is 14.4 Å². The highest BCUT2D eigenvalue weighted by atomic mass is 16.6. The number of ether oxygens (including phenoxy) is 3.